The van der Waals surface area contributed by atoms with Crippen LogP contribution < -0.4 is 0 Å². The zero-order valence-corrected chi connectivity index (χ0v) is 10.7. The molecular weight excluding hydrogens is 248 g/mol. The monoisotopic (exact) mass is 260 g/mol. The van der Waals surface area contributed by atoms with Crippen molar-refractivity contribution in [2.24, 2.45) is 0 Å². The highest BCUT2D eigenvalue weighted by Crippen LogP contribution is 2.42. The molecule has 92 valence electrons. The maximum atomic E-state index is 11.0. The number of aliphatic carboxylic acids is 1. The number of hydrogen-bond donors (Lipinski definition) is 1. The largest absolute Gasteiger partial charge is 0.475 e. The van der Waals surface area contributed by atoms with E-state index < -0.39 is 5.97 Å². The fraction of sp³-hybridized carbons (Fsp3) is 0.214. The van der Waals surface area contributed by atoms with Gasteiger partial charge in [-0.3, -0.25) is 0 Å². The van der Waals surface area contributed by atoms with Crippen LogP contribution in [0.5, 0.6) is 0 Å². The lowest BCUT2D eigenvalue weighted by Gasteiger charge is -2.26. The number of carbonyl (C=O) groups is 1. The molecule has 0 amide bonds. The Bertz CT molecular complexity index is 599. The fourth-order valence-corrected chi connectivity index (χ4v) is 3.20. The minimum Gasteiger partial charge on any atom is -0.475 e. The molecule has 3 rings (SSSR count). The Hall–Kier alpha value is -1.68. The van der Waals surface area contributed by atoms with Crippen LogP contribution in [0.4, 0.5) is 0 Å². The van der Waals surface area contributed by atoms with Crippen molar-refractivity contribution in [1.82, 2.24) is 0 Å². The summed E-state index contributed by atoms with van der Waals surface area (Å²) in [6, 6.07) is 6.19. The number of ether oxygens (including phenoxy) is 1. The summed E-state index contributed by atoms with van der Waals surface area (Å²) >= 11 is 1.78. The molecule has 0 saturated carbocycles. The third-order valence-electron chi connectivity index (χ3n) is 3.06. The number of allylic oxidation sites excluding steroid dienone is 1. The summed E-state index contributed by atoms with van der Waals surface area (Å²) < 4.78 is 5.56. The Morgan fingerprint density at radius 1 is 1.44 bits per heavy atom. The van der Waals surface area contributed by atoms with Gasteiger partial charge in [0.2, 0.25) is 5.76 Å². The molecule has 0 aromatic heterocycles. The fourth-order valence-electron chi connectivity index (χ4n) is 2.15. The van der Waals surface area contributed by atoms with Crippen LogP contribution in [0.25, 0.3) is 5.76 Å². The molecule has 2 heterocycles. The molecule has 0 spiro atoms. The van der Waals surface area contributed by atoms with Gasteiger partial charge in [-0.1, -0.05) is 11.6 Å². The van der Waals surface area contributed by atoms with Gasteiger partial charge in [-0.15, -0.1) is 11.8 Å². The number of carboxylic acids is 1. The van der Waals surface area contributed by atoms with E-state index in [9.17, 15) is 4.79 Å². The zero-order valence-electron chi connectivity index (χ0n) is 9.90. The Labute approximate surface area is 109 Å². The first-order valence-electron chi connectivity index (χ1n) is 5.72. The van der Waals surface area contributed by atoms with Crippen LogP contribution >= 0.6 is 11.8 Å². The highest BCUT2D eigenvalue weighted by atomic mass is 32.2. The lowest BCUT2D eigenvalue weighted by atomic mass is 10.0. The average molecular weight is 260 g/mol. The molecule has 1 aromatic rings. The molecule has 18 heavy (non-hydrogen) atoms. The van der Waals surface area contributed by atoms with Crippen molar-refractivity contribution in [3.05, 3.63) is 46.7 Å². The number of hydrogen-bond acceptors (Lipinski definition) is 3. The van der Waals surface area contributed by atoms with E-state index >= 15 is 0 Å². The predicted molar refractivity (Wildman–Crippen MR) is 70.2 cm³/mol. The summed E-state index contributed by atoms with van der Waals surface area (Å²) in [6.07, 6.45) is 2.31. The topological polar surface area (TPSA) is 46.5 Å². The van der Waals surface area contributed by atoms with Crippen molar-refractivity contribution in [1.29, 1.82) is 0 Å². The molecule has 3 nitrogen and oxygen atoms in total. The predicted octanol–water partition coefficient (Wildman–Crippen LogP) is 3.20. The van der Waals surface area contributed by atoms with Gasteiger partial charge in [0.05, 0.1) is 0 Å². The van der Waals surface area contributed by atoms with Crippen molar-refractivity contribution < 1.29 is 14.6 Å². The quantitative estimate of drug-likeness (QED) is 0.842. The number of fused-ring (bicyclic) bond motifs is 2. The van der Waals surface area contributed by atoms with Crippen LogP contribution in [-0.4, -0.2) is 16.8 Å². The first-order chi connectivity index (χ1) is 8.65. The Kier molecular flexibility index (Phi) is 2.67. The number of thioether (sulfide) groups is 1. The molecule has 0 bridgehead atoms. The van der Waals surface area contributed by atoms with E-state index in [0.717, 1.165) is 27.5 Å². The molecule has 2 aliphatic rings. The molecule has 1 aromatic carbocycles. The summed E-state index contributed by atoms with van der Waals surface area (Å²) in [5, 5.41) is 9.01. The minimum absolute atomic E-state index is 0.0353. The van der Waals surface area contributed by atoms with Gasteiger partial charge < -0.3 is 9.84 Å². The lowest BCUT2D eigenvalue weighted by Crippen LogP contribution is -2.14. The van der Waals surface area contributed by atoms with E-state index in [1.54, 1.807) is 17.8 Å². The van der Waals surface area contributed by atoms with Gasteiger partial charge in [-0.2, -0.15) is 0 Å². The molecular formula is C14H12O3S. The van der Waals surface area contributed by atoms with Crippen molar-refractivity contribution in [3.63, 3.8) is 0 Å². The van der Waals surface area contributed by atoms with Gasteiger partial charge in [0, 0.05) is 16.2 Å². The third-order valence-corrected chi connectivity index (χ3v) is 4.22. The molecule has 4 heteroatoms. The number of rotatable bonds is 1. The van der Waals surface area contributed by atoms with Gasteiger partial charge >= 0.3 is 5.97 Å². The number of benzene rings is 1. The summed E-state index contributed by atoms with van der Waals surface area (Å²) in [6.45, 7) is 2.02. The molecule has 0 atom stereocenters. The molecule has 1 N–H and O–H groups in total. The van der Waals surface area contributed by atoms with Crippen LogP contribution in [-0.2, 0) is 9.53 Å². The molecule has 2 aliphatic heterocycles. The first-order valence-corrected chi connectivity index (χ1v) is 6.71. The van der Waals surface area contributed by atoms with Crippen molar-refractivity contribution in [2.45, 2.75) is 18.2 Å². The zero-order chi connectivity index (χ0) is 12.7. The number of aryl methyl sites for hydroxylation is 1. The Morgan fingerprint density at radius 3 is 3.06 bits per heavy atom. The second kappa shape index (κ2) is 4.21. The first kappa shape index (κ1) is 11.4. The number of carboxylic acid groups (broad SMARTS) is 1. The maximum absolute atomic E-state index is 11.0. The van der Waals surface area contributed by atoms with Gasteiger partial charge in [-0.05, 0) is 37.1 Å². The Morgan fingerprint density at radius 2 is 2.28 bits per heavy atom. The van der Waals surface area contributed by atoms with Crippen molar-refractivity contribution in [2.75, 3.05) is 5.75 Å². The van der Waals surface area contributed by atoms with Gasteiger partial charge in [0.1, 0.15) is 5.76 Å². The van der Waals surface area contributed by atoms with Crippen LogP contribution in [0, 0.1) is 6.92 Å². The highest BCUT2D eigenvalue weighted by molar-refractivity contribution is 7.99. The molecule has 0 fully saturated rings. The maximum Gasteiger partial charge on any atom is 0.371 e. The van der Waals surface area contributed by atoms with E-state index in [0.29, 0.717) is 6.42 Å². The summed E-state index contributed by atoms with van der Waals surface area (Å²) in [7, 11) is 0. The van der Waals surface area contributed by atoms with Crippen LogP contribution in [0.2, 0.25) is 0 Å². The molecule has 0 unspecified atom stereocenters. The van der Waals surface area contributed by atoms with Crippen molar-refractivity contribution in [3.8, 4) is 0 Å². The standard InChI is InChI=1S/C14H12O3S/c1-8-2-5-12-10(6-8)13-9(7-18-12)3-4-11(17-13)14(15)16/h2,4-6H,3,7H2,1H3,(H,15,16). The van der Waals surface area contributed by atoms with Gasteiger partial charge in [-0.25, -0.2) is 4.79 Å². The molecule has 0 aliphatic carbocycles. The second-order valence-electron chi connectivity index (χ2n) is 4.40. The molecule has 0 saturated heterocycles. The van der Waals surface area contributed by atoms with E-state index in [-0.39, 0.29) is 5.76 Å². The molecule has 0 radical (unpaired) electrons. The van der Waals surface area contributed by atoms with E-state index in [1.165, 1.54) is 5.57 Å². The van der Waals surface area contributed by atoms with Crippen molar-refractivity contribution >= 4 is 23.5 Å². The summed E-state index contributed by atoms with van der Waals surface area (Å²) in [5.74, 6) is 0.642. The van der Waals surface area contributed by atoms with Gasteiger partial charge in [0.25, 0.3) is 0 Å². The lowest BCUT2D eigenvalue weighted by molar-refractivity contribution is -0.135. The summed E-state index contributed by atoms with van der Waals surface area (Å²) in [4.78, 5) is 12.1. The van der Waals surface area contributed by atoms with Crippen LogP contribution in [0.1, 0.15) is 17.5 Å². The van der Waals surface area contributed by atoms with E-state index in [1.807, 2.05) is 6.92 Å². The minimum atomic E-state index is -1.01. The second-order valence-corrected chi connectivity index (χ2v) is 5.42. The van der Waals surface area contributed by atoms with Crippen LogP contribution in [0.3, 0.4) is 0 Å². The Balaban J connectivity index is 2.05. The van der Waals surface area contributed by atoms with E-state index in [2.05, 4.69) is 18.2 Å². The van der Waals surface area contributed by atoms with E-state index in [4.69, 9.17) is 9.84 Å². The average Bonchev–Trinajstić information content (AvgIpc) is 2.37. The summed E-state index contributed by atoms with van der Waals surface area (Å²) in [5.41, 5.74) is 3.34. The van der Waals surface area contributed by atoms with Gasteiger partial charge in [0.15, 0.2) is 0 Å². The third kappa shape index (κ3) is 1.82. The highest BCUT2D eigenvalue weighted by Gasteiger charge is 2.26. The van der Waals surface area contributed by atoms with Crippen LogP contribution in [0.15, 0.2) is 40.5 Å². The SMILES string of the molecule is Cc1ccc2c(c1)C1=C(CC=C(C(=O)O)O1)CS2. The smallest absolute Gasteiger partial charge is 0.371 e. The normalized spacial score (nSPS) is 17.5.